The maximum atomic E-state index is 13.6. The molecule has 0 aromatic heterocycles. The summed E-state index contributed by atoms with van der Waals surface area (Å²) in [6.07, 6.45) is 0.328. The van der Waals surface area contributed by atoms with Gasteiger partial charge in [-0.3, -0.25) is 0 Å². The van der Waals surface area contributed by atoms with Gasteiger partial charge in [-0.2, -0.15) is 0 Å². The van der Waals surface area contributed by atoms with Crippen LogP contribution in [0.15, 0.2) is 109 Å². The van der Waals surface area contributed by atoms with Crippen LogP contribution in [0, 0.1) is 71.0 Å². The molecule has 3 aliphatic rings. The van der Waals surface area contributed by atoms with Crippen LogP contribution in [0.5, 0.6) is 17.2 Å². The number of ether oxygens (including phenoxy) is 15. The number of esters is 6. The largest absolute Gasteiger partial charge is 0.497 e. The van der Waals surface area contributed by atoms with E-state index in [-0.39, 0.29) is 151 Å². The van der Waals surface area contributed by atoms with Crippen LogP contribution in [-0.2, 0) is 56.8 Å². The molecule has 0 radical (unpaired) electrons. The van der Waals surface area contributed by atoms with Crippen molar-refractivity contribution in [2.45, 2.75) is 95.9 Å². The molecule has 0 fully saturated rings. The highest BCUT2D eigenvalue weighted by Gasteiger charge is 2.22. The fraction of sp³-hybridized carbons (Fsp3) is 0.385. The van der Waals surface area contributed by atoms with Crippen molar-refractivity contribution >= 4 is 35.8 Å². The fourth-order valence-electron chi connectivity index (χ4n) is 9.00. The molecule has 0 atom stereocenters. The zero-order valence-corrected chi connectivity index (χ0v) is 55.7. The lowest BCUT2D eigenvalue weighted by Crippen LogP contribution is -2.14. The van der Waals surface area contributed by atoms with Gasteiger partial charge in [0.1, 0.15) is 56.9 Å². The highest BCUT2D eigenvalue weighted by atomic mass is 16.7. The third-order valence-corrected chi connectivity index (χ3v) is 13.9. The van der Waals surface area contributed by atoms with Crippen molar-refractivity contribution in [3.8, 4) is 88.3 Å². The molecule has 8 rings (SSSR count). The Bertz CT molecular complexity index is 3260. The van der Waals surface area contributed by atoms with E-state index in [0.29, 0.717) is 72.5 Å². The van der Waals surface area contributed by atoms with Gasteiger partial charge in [-0.05, 0) is 72.8 Å². The van der Waals surface area contributed by atoms with E-state index in [1.54, 1.807) is 57.7 Å². The molecular formula is C78H78O21. The Morgan fingerprint density at radius 1 is 0.242 bits per heavy atom. The maximum Gasteiger partial charge on any atom is 0.338 e. The van der Waals surface area contributed by atoms with Crippen LogP contribution in [0.25, 0.3) is 0 Å². The molecule has 5 aromatic carbocycles. The van der Waals surface area contributed by atoms with Gasteiger partial charge in [0.05, 0.1) is 94.4 Å². The minimum Gasteiger partial charge on any atom is -0.497 e. The minimum atomic E-state index is -0.818. The van der Waals surface area contributed by atoms with Crippen molar-refractivity contribution in [3.63, 3.8) is 0 Å². The molecule has 516 valence electrons. The molecule has 0 saturated heterocycles. The maximum absolute atomic E-state index is 13.6. The van der Waals surface area contributed by atoms with Gasteiger partial charge in [0, 0.05) is 93.7 Å². The zero-order valence-electron chi connectivity index (χ0n) is 55.7. The molecule has 0 unspecified atom stereocenters. The van der Waals surface area contributed by atoms with Crippen LogP contribution < -0.4 is 14.2 Å². The van der Waals surface area contributed by atoms with E-state index in [2.05, 4.69) is 71.0 Å². The van der Waals surface area contributed by atoms with Crippen molar-refractivity contribution in [1.82, 2.24) is 0 Å². The summed E-state index contributed by atoms with van der Waals surface area (Å²) in [4.78, 5) is 81.4. The van der Waals surface area contributed by atoms with Gasteiger partial charge in [0.2, 0.25) is 0 Å². The summed E-state index contributed by atoms with van der Waals surface area (Å²) < 4.78 is 86.0. The van der Waals surface area contributed by atoms with Crippen LogP contribution in [-0.4, -0.2) is 136 Å². The number of hydrogen-bond donors (Lipinski definition) is 0. The van der Waals surface area contributed by atoms with Crippen LogP contribution in [0.1, 0.15) is 175 Å². The lowest BCUT2D eigenvalue weighted by atomic mass is 10.1. The van der Waals surface area contributed by atoms with Crippen molar-refractivity contribution in [3.05, 3.63) is 159 Å². The molecule has 0 saturated carbocycles. The number of hydrogen-bond acceptors (Lipinski definition) is 21. The molecule has 3 heterocycles. The van der Waals surface area contributed by atoms with Crippen LogP contribution in [0.2, 0.25) is 0 Å². The topological polar surface area (TPSA) is 241 Å². The second-order valence-electron chi connectivity index (χ2n) is 21.1. The van der Waals surface area contributed by atoms with Crippen LogP contribution in [0.4, 0.5) is 0 Å². The summed E-state index contributed by atoms with van der Waals surface area (Å²) in [5.41, 5.74) is 1.55. The minimum absolute atomic E-state index is 0.0998. The second kappa shape index (κ2) is 44.3. The van der Waals surface area contributed by atoms with Gasteiger partial charge in [-0.1, -0.05) is 71.9 Å². The van der Waals surface area contributed by atoms with Gasteiger partial charge in [0.25, 0.3) is 0 Å². The van der Waals surface area contributed by atoms with E-state index in [1.807, 2.05) is 36.4 Å². The average Bonchev–Trinajstić information content (AvgIpc) is 0.910. The van der Waals surface area contributed by atoms with Crippen molar-refractivity contribution < 1.29 is 99.8 Å². The number of fused-ring (bicyclic) bond motifs is 48. The highest BCUT2D eigenvalue weighted by molar-refractivity contribution is 6.01. The Labute approximate surface area is 577 Å². The molecule has 21 nitrogen and oxygen atoms in total. The average molecular weight is 1350 g/mol. The molecule has 99 heavy (non-hydrogen) atoms. The number of rotatable bonds is 6. The van der Waals surface area contributed by atoms with Gasteiger partial charge in [0.15, 0.2) is 18.9 Å². The van der Waals surface area contributed by atoms with Crippen molar-refractivity contribution in [1.29, 1.82) is 0 Å². The van der Waals surface area contributed by atoms with E-state index in [1.165, 1.54) is 36.4 Å². The van der Waals surface area contributed by atoms with E-state index in [0.717, 1.165) is 0 Å². The van der Waals surface area contributed by atoms with Crippen LogP contribution >= 0.6 is 0 Å². The van der Waals surface area contributed by atoms with Gasteiger partial charge >= 0.3 is 35.8 Å². The Morgan fingerprint density at radius 2 is 0.394 bits per heavy atom. The SMILES string of the molecule is COc1ccc(C2OCCC#CCCOC(=O)c3cc4cc(c3)C(=O)OCCC#CCCOC(c3ccc(OC)cc3)OCCC#CCCOC(=O)c3cc(cc(c3)C(=O)OCCC#CCCOC(c3ccc(OC)cc3)OCCC#CCCOC4=O)C(=O)OCCC#CCCO2)cc1. The molecule has 5 aromatic rings. The molecular weight excluding hydrogens is 1270 g/mol. The summed E-state index contributed by atoms with van der Waals surface area (Å²) in [6.45, 7) is 0.346. The Morgan fingerprint density at radius 3 is 0.545 bits per heavy atom. The number of carbonyl (C=O) groups excluding carboxylic acids is 6. The molecule has 21 heteroatoms. The normalized spacial score (nSPS) is 18.8. The van der Waals surface area contributed by atoms with Gasteiger partial charge < -0.3 is 71.1 Å². The lowest BCUT2D eigenvalue weighted by Gasteiger charge is -2.18. The molecule has 0 spiro atoms. The smallest absolute Gasteiger partial charge is 0.338 e. The zero-order chi connectivity index (χ0) is 69.9. The first kappa shape index (κ1) is 75.8. The number of carbonyl (C=O) groups is 6. The Balaban J connectivity index is 1.13. The molecule has 0 amide bonds. The number of benzene rings is 5. The summed E-state index contributed by atoms with van der Waals surface area (Å²) in [6, 6.07) is 29.2. The van der Waals surface area contributed by atoms with E-state index in [4.69, 9.17) is 71.1 Å². The first-order valence-electron chi connectivity index (χ1n) is 32.2. The monoisotopic (exact) mass is 1350 g/mol. The molecule has 6 bridgehead atoms. The van der Waals surface area contributed by atoms with Crippen LogP contribution in [0.3, 0.4) is 0 Å². The van der Waals surface area contributed by atoms with E-state index in [9.17, 15) is 28.8 Å². The van der Waals surface area contributed by atoms with Gasteiger partial charge in [-0.25, -0.2) is 28.8 Å². The number of methoxy groups -OCH3 is 3. The van der Waals surface area contributed by atoms with Crippen molar-refractivity contribution in [2.24, 2.45) is 0 Å². The first-order valence-corrected chi connectivity index (χ1v) is 32.2. The predicted octanol–water partition coefficient (Wildman–Crippen LogP) is 11.3. The van der Waals surface area contributed by atoms with Crippen molar-refractivity contribution in [2.75, 3.05) is 101 Å². The Hall–Kier alpha value is -10.6. The summed E-state index contributed by atoms with van der Waals surface area (Å²) in [7, 11) is 4.68. The first-order chi connectivity index (χ1) is 48.5. The summed E-state index contributed by atoms with van der Waals surface area (Å²) >= 11 is 0. The second-order valence-corrected chi connectivity index (χ2v) is 21.1. The standard InChI is InChI=1S/C78H78O21/c1-85-67-34-28-58(29-35-67)76-94-46-22-10-4-16-40-88-70(79)61-52-63-56-65(54-61)74(83)92-44-20-8-14-26-50-98-78(60-32-38-69(87-3)39-33-60)99-51-27-15-9-21-45-93-75(84)66-55-62(71(80)89-41-17-5-11-23-47-95-76)53-64(57-66)73(82)91-43-19-7-13-25-49-97-77(59-30-36-68(86-2)37-31-59)96-48-24-12-6-18-42-90-72(63)81/h28-39,52-57,76-78H,16-27,40-51H2,1-3H3. The van der Waals surface area contributed by atoms with E-state index < -0.39 is 54.7 Å². The Kier molecular flexibility index (Phi) is 33.9. The molecule has 0 N–H and O–H groups in total. The van der Waals surface area contributed by atoms with Gasteiger partial charge in [-0.15, -0.1) is 35.5 Å². The van der Waals surface area contributed by atoms with E-state index >= 15 is 0 Å². The third kappa shape index (κ3) is 27.8. The molecule has 0 aliphatic carbocycles. The quantitative estimate of drug-likeness (QED) is 0.0871. The highest BCUT2D eigenvalue weighted by Crippen LogP contribution is 2.26. The predicted molar refractivity (Wildman–Crippen MR) is 360 cm³/mol. The fourth-order valence-corrected chi connectivity index (χ4v) is 9.00. The third-order valence-electron chi connectivity index (χ3n) is 13.9. The summed E-state index contributed by atoms with van der Waals surface area (Å²) in [5.74, 6) is 33.0. The summed E-state index contributed by atoms with van der Waals surface area (Å²) in [5, 5.41) is 0. The lowest BCUT2D eigenvalue weighted by molar-refractivity contribution is -0.144. The molecule has 3 aliphatic heterocycles.